The van der Waals surface area contributed by atoms with Gasteiger partial charge in [-0.3, -0.25) is 4.68 Å². The second-order valence-corrected chi connectivity index (χ2v) is 3.54. The molecule has 0 bridgehead atoms. The molecule has 0 radical (unpaired) electrons. The van der Waals surface area contributed by atoms with E-state index in [2.05, 4.69) is 10.4 Å². The largest absolute Gasteiger partial charge is 0.374 e. The molecule has 1 aromatic rings. The normalized spacial score (nSPS) is 11.3. The Morgan fingerprint density at radius 1 is 1.56 bits per heavy atom. The van der Waals surface area contributed by atoms with E-state index in [9.17, 15) is 8.78 Å². The van der Waals surface area contributed by atoms with Gasteiger partial charge in [0.05, 0.1) is 18.0 Å². The molecule has 1 rings (SSSR count). The topological polar surface area (TPSA) is 39.1 Å². The summed E-state index contributed by atoms with van der Waals surface area (Å²) in [4.78, 5) is 0. The summed E-state index contributed by atoms with van der Waals surface area (Å²) in [6.45, 7) is 2.94. The van der Waals surface area contributed by atoms with Crippen LogP contribution in [0.15, 0.2) is 6.07 Å². The maximum absolute atomic E-state index is 11.7. The number of nitrogens with one attached hydrogen (secondary N) is 1. The van der Waals surface area contributed by atoms with Gasteiger partial charge in [-0.25, -0.2) is 8.78 Å². The SMILES string of the molecule is Cc1cc(CNCCOCC(F)F)n(C)n1. The highest BCUT2D eigenvalue weighted by molar-refractivity contribution is 5.08. The van der Waals surface area contributed by atoms with Gasteiger partial charge in [0, 0.05) is 20.1 Å². The van der Waals surface area contributed by atoms with E-state index >= 15 is 0 Å². The summed E-state index contributed by atoms with van der Waals surface area (Å²) in [7, 11) is 1.87. The van der Waals surface area contributed by atoms with Crippen molar-refractivity contribution in [1.82, 2.24) is 15.1 Å². The minimum atomic E-state index is -2.39. The number of hydrogen-bond donors (Lipinski definition) is 1. The lowest BCUT2D eigenvalue weighted by Crippen LogP contribution is -2.21. The summed E-state index contributed by atoms with van der Waals surface area (Å²) in [5.74, 6) is 0. The predicted octanol–water partition coefficient (Wildman–Crippen LogP) is 1.10. The van der Waals surface area contributed by atoms with E-state index in [0.29, 0.717) is 19.7 Å². The fourth-order valence-corrected chi connectivity index (χ4v) is 1.36. The molecule has 0 aliphatic carbocycles. The van der Waals surface area contributed by atoms with E-state index in [4.69, 9.17) is 4.74 Å². The molecule has 92 valence electrons. The van der Waals surface area contributed by atoms with E-state index in [1.165, 1.54) is 0 Å². The van der Waals surface area contributed by atoms with Crippen LogP contribution in [0.3, 0.4) is 0 Å². The third-order valence-corrected chi connectivity index (χ3v) is 2.07. The van der Waals surface area contributed by atoms with Crippen LogP contribution in [0.25, 0.3) is 0 Å². The molecule has 0 aliphatic heterocycles. The first-order chi connectivity index (χ1) is 7.59. The molecule has 0 amide bonds. The Morgan fingerprint density at radius 3 is 2.88 bits per heavy atom. The smallest absolute Gasteiger partial charge is 0.261 e. The zero-order chi connectivity index (χ0) is 12.0. The van der Waals surface area contributed by atoms with Crippen LogP contribution in [0.5, 0.6) is 0 Å². The number of aromatic nitrogens is 2. The number of ether oxygens (including phenoxy) is 1. The maximum atomic E-state index is 11.7. The van der Waals surface area contributed by atoms with Crippen molar-refractivity contribution in [3.8, 4) is 0 Å². The summed E-state index contributed by atoms with van der Waals surface area (Å²) in [6.07, 6.45) is -2.39. The van der Waals surface area contributed by atoms with Crippen LogP contribution in [0.1, 0.15) is 11.4 Å². The second kappa shape index (κ2) is 6.55. The van der Waals surface area contributed by atoms with Crippen LogP contribution < -0.4 is 5.32 Å². The van der Waals surface area contributed by atoms with Crippen LogP contribution in [-0.4, -0.2) is 36.0 Å². The predicted molar refractivity (Wildman–Crippen MR) is 56.5 cm³/mol. The highest BCUT2D eigenvalue weighted by atomic mass is 19.3. The van der Waals surface area contributed by atoms with Crippen molar-refractivity contribution < 1.29 is 13.5 Å². The molecule has 4 nitrogen and oxygen atoms in total. The van der Waals surface area contributed by atoms with Gasteiger partial charge in [0.2, 0.25) is 0 Å². The molecule has 16 heavy (non-hydrogen) atoms. The highest BCUT2D eigenvalue weighted by Crippen LogP contribution is 2.00. The Hall–Kier alpha value is -1.01. The molecule has 0 saturated carbocycles. The zero-order valence-corrected chi connectivity index (χ0v) is 9.54. The lowest BCUT2D eigenvalue weighted by atomic mass is 10.3. The van der Waals surface area contributed by atoms with Crippen molar-refractivity contribution in [1.29, 1.82) is 0 Å². The Morgan fingerprint density at radius 2 is 2.31 bits per heavy atom. The molecule has 0 unspecified atom stereocenters. The van der Waals surface area contributed by atoms with Gasteiger partial charge in [-0.2, -0.15) is 5.10 Å². The first-order valence-corrected chi connectivity index (χ1v) is 5.15. The third kappa shape index (κ3) is 4.67. The summed E-state index contributed by atoms with van der Waals surface area (Å²) >= 11 is 0. The van der Waals surface area contributed by atoms with Gasteiger partial charge in [0.15, 0.2) is 0 Å². The van der Waals surface area contributed by atoms with Crippen LogP contribution >= 0.6 is 0 Å². The fourth-order valence-electron chi connectivity index (χ4n) is 1.36. The number of nitrogens with zero attached hydrogens (tertiary/aromatic N) is 2. The Kier molecular flexibility index (Phi) is 5.34. The van der Waals surface area contributed by atoms with Crippen molar-refractivity contribution in [3.63, 3.8) is 0 Å². The van der Waals surface area contributed by atoms with Gasteiger partial charge in [-0.1, -0.05) is 0 Å². The molecule has 1 heterocycles. The quantitative estimate of drug-likeness (QED) is 0.717. The molecular formula is C10H17F2N3O. The summed E-state index contributed by atoms with van der Waals surface area (Å²) in [6, 6.07) is 1.98. The minimum Gasteiger partial charge on any atom is -0.374 e. The summed E-state index contributed by atoms with van der Waals surface area (Å²) < 4.78 is 29.9. The van der Waals surface area contributed by atoms with Crippen molar-refractivity contribution in [2.24, 2.45) is 7.05 Å². The van der Waals surface area contributed by atoms with Crippen LogP contribution in [-0.2, 0) is 18.3 Å². The molecule has 0 spiro atoms. The van der Waals surface area contributed by atoms with Crippen molar-refractivity contribution in [2.45, 2.75) is 19.9 Å². The van der Waals surface area contributed by atoms with Crippen molar-refractivity contribution in [2.75, 3.05) is 19.8 Å². The molecular weight excluding hydrogens is 216 g/mol. The molecule has 0 atom stereocenters. The second-order valence-electron chi connectivity index (χ2n) is 3.54. The molecule has 0 aromatic carbocycles. The number of hydrogen-bond acceptors (Lipinski definition) is 3. The van der Waals surface area contributed by atoms with E-state index in [1.807, 2.05) is 20.0 Å². The van der Waals surface area contributed by atoms with Crippen LogP contribution in [0.4, 0.5) is 8.78 Å². The van der Waals surface area contributed by atoms with Crippen LogP contribution in [0, 0.1) is 6.92 Å². The molecule has 6 heteroatoms. The molecule has 0 fully saturated rings. The van der Waals surface area contributed by atoms with E-state index in [0.717, 1.165) is 11.4 Å². The number of halogens is 2. The molecule has 1 aromatic heterocycles. The minimum absolute atomic E-state index is 0.293. The van der Waals surface area contributed by atoms with Gasteiger partial charge in [-0.05, 0) is 13.0 Å². The van der Waals surface area contributed by atoms with E-state index in [1.54, 1.807) is 4.68 Å². The summed E-state index contributed by atoms with van der Waals surface area (Å²) in [5, 5.41) is 7.29. The van der Waals surface area contributed by atoms with E-state index in [-0.39, 0.29) is 0 Å². The van der Waals surface area contributed by atoms with Crippen molar-refractivity contribution >= 4 is 0 Å². The maximum Gasteiger partial charge on any atom is 0.261 e. The lowest BCUT2D eigenvalue weighted by Gasteiger charge is -2.05. The van der Waals surface area contributed by atoms with Gasteiger partial charge in [0.25, 0.3) is 6.43 Å². The number of rotatable bonds is 7. The van der Waals surface area contributed by atoms with E-state index < -0.39 is 13.0 Å². The van der Waals surface area contributed by atoms with Crippen LogP contribution in [0.2, 0.25) is 0 Å². The van der Waals surface area contributed by atoms with Gasteiger partial charge < -0.3 is 10.1 Å². The molecule has 1 N–H and O–H groups in total. The zero-order valence-electron chi connectivity index (χ0n) is 9.54. The first kappa shape index (κ1) is 13.1. The average Bonchev–Trinajstić information content (AvgIpc) is 2.50. The molecule has 0 aliphatic rings. The standard InChI is InChI=1S/C10H17F2N3O/c1-8-5-9(15(2)14-8)6-13-3-4-16-7-10(11)12/h5,10,13H,3-4,6-7H2,1-2H3. The summed E-state index contributed by atoms with van der Waals surface area (Å²) in [5.41, 5.74) is 2.03. The van der Waals surface area contributed by atoms with Crippen molar-refractivity contribution in [3.05, 3.63) is 17.5 Å². The Bertz CT molecular complexity index is 315. The van der Waals surface area contributed by atoms with Gasteiger partial charge >= 0.3 is 0 Å². The number of alkyl halides is 2. The van der Waals surface area contributed by atoms with Gasteiger partial charge in [-0.15, -0.1) is 0 Å². The molecule has 0 saturated heterocycles. The first-order valence-electron chi connectivity index (χ1n) is 5.15. The Labute approximate surface area is 93.6 Å². The van der Waals surface area contributed by atoms with Gasteiger partial charge in [0.1, 0.15) is 6.61 Å². The third-order valence-electron chi connectivity index (χ3n) is 2.07. The number of aryl methyl sites for hydroxylation is 2. The Balaban J connectivity index is 2.09. The fraction of sp³-hybridized carbons (Fsp3) is 0.700. The lowest BCUT2D eigenvalue weighted by molar-refractivity contribution is 0.0187. The highest BCUT2D eigenvalue weighted by Gasteiger charge is 2.02. The monoisotopic (exact) mass is 233 g/mol. The average molecular weight is 233 g/mol.